The van der Waals surface area contributed by atoms with Crippen LogP contribution in [-0.2, 0) is 22.7 Å². The third kappa shape index (κ3) is 6.71. The first-order valence-electron chi connectivity index (χ1n) is 10.8. The van der Waals surface area contributed by atoms with Crippen LogP contribution in [-0.4, -0.2) is 39.0 Å². The summed E-state index contributed by atoms with van der Waals surface area (Å²) in [6, 6.07) is 12.6. The molecular formula is C25H28N4O4S. The molecule has 34 heavy (non-hydrogen) atoms. The minimum absolute atomic E-state index is 0.146. The van der Waals surface area contributed by atoms with Crippen molar-refractivity contribution in [2.75, 3.05) is 17.7 Å². The number of anilines is 1. The van der Waals surface area contributed by atoms with Gasteiger partial charge in [0.15, 0.2) is 11.0 Å². The molecule has 1 N–H and O–H groups in total. The largest absolute Gasteiger partial charge is 0.485 e. The quantitative estimate of drug-likeness (QED) is 0.244. The zero-order valence-electron chi connectivity index (χ0n) is 19.5. The second kappa shape index (κ2) is 12.0. The third-order valence-corrected chi connectivity index (χ3v) is 5.77. The van der Waals surface area contributed by atoms with E-state index in [1.165, 1.54) is 17.3 Å². The smallest absolute Gasteiger partial charge is 0.338 e. The van der Waals surface area contributed by atoms with E-state index in [1.807, 2.05) is 30.5 Å². The molecule has 0 atom stereocenters. The van der Waals surface area contributed by atoms with Gasteiger partial charge in [0.2, 0.25) is 5.91 Å². The molecule has 3 rings (SSSR count). The number of carbonyl (C=O) groups is 2. The SMILES string of the molecule is C=CCn1c(COc2ccc(C)cc2C)nnc1SCC(=O)Nc1ccc(C(=O)OCC)cc1. The molecule has 1 amide bonds. The van der Waals surface area contributed by atoms with Gasteiger partial charge in [-0.3, -0.25) is 9.36 Å². The van der Waals surface area contributed by atoms with Crippen LogP contribution in [0.25, 0.3) is 0 Å². The maximum atomic E-state index is 12.4. The average molecular weight is 481 g/mol. The Morgan fingerprint density at radius 1 is 1.15 bits per heavy atom. The highest BCUT2D eigenvalue weighted by Gasteiger charge is 2.15. The summed E-state index contributed by atoms with van der Waals surface area (Å²) in [4.78, 5) is 24.2. The zero-order chi connectivity index (χ0) is 24.5. The molecule has 0 unspecified atom stereocenters. The van der Waals surface area contributed by atoms with Crippen molar-refractivity contribution in [1.29, 1.82) is 0 Å². The molecule has 0 saturated heterocycles. The zero-order valence-corrected chi connectivity index (χ0v) is 20.4. The van der Waals surface area contributed by atoms with Gasteiger partial charge in [-0.05, 0) is 56.7 Å². The van der Waals surface area contributed by atoms with Crippen molar-refractivity contribution >= 4 is 29.3 Å². The minimum Gasteiger partial charge on any atom is -0.485 e. The van der Waals surface area contributed by atoms with Crippen molar-refractivity contribution in [3.8, 4) is 5.75 Å². The number of hydrogen-bond acceptors (Lipinski definition) is 7. The highest BCUT2D eigenvalue weighted by Crippen LogP contribution is 2.22. The standard InChI is InChI=1S/C25H28N4O4S/c1-5-13-29-22(15-33-21-12-7-17(3)14-18(21)4)27-28-25(29)34-16-23(30)26-20-10-8-19(9-11-20)24(31)32-6-2/h5,7-12,14H,1,6,13,15-16H2,2-4H3,(H,26,30). The summed E-state index contributed by atoms with van der Waals surface area (Å²) in [6.07, 6.45) is 1.75. The number of nitrogens with one attached hydrogen (secondary N) is 1. The molecule has 0 aliphatic rings. The number of esters is 1. The number of thioether (sulfide) groups is 1. The number of nitrogens with zero attached hydrogens (tertiary/aromatic N) is 3. The molecule has 0 aliphatic carbocycles. The molecule has 8 nitrogen and oxygen atoms in total. The fraction of sp³-hybridized carbons (Fsp3) is 0.280. The van der Waals surface area contributed by atoms with Crippen molar-refractivity contribution in [2.45, 2.75) is 39.1 Å². The number of carbonyl (C=O) groups excluding carboxylic acids is 2. The van der Waals surface area contributed by atoms with Gasteiger partial charge in [-0.1, -0.05) is 35.5 Å². The van der Waals surface area contributed by atoms with E-state index in [0.29, 0.717) is 35.4 Å². The van der Waals surface area contributed by atoms with E-state index in [2.05, 4.69) is 28.2 Å². The lowest BCUT2D eigenvalue weighted by molar-refractivity contribution is -0.113. The lowest BCUT2D eigenvalue weighted by Gasteiger charge is -2.11. The van der Waals surface area contributed by atoms with Gasteiger partial charge >= 0.3 is 5.97 Å². The highest BCUT2D eigenvalue weighted by atomic mass is 32.2. The Labute approximate surface area is 203 Å². The van der Waals surface area contributed by atoms with Crippen molar-refractivity contribution in [3.05, 3.63) is 77.6 Å². The number of aryl methyl sites for hydroxylation is 2. The number of allylic oxidation sites excluding steroid dienone is 1. The van der Waals surface area contributed by atoms with Crippen molar-refractivity contribution in [3.63, 3.8) is 0 Å². The number of aromatic nitrogens is 3. The van der Waals surface area contributed by atoms with Crippen LogP contribution in [0, 0.1) is 13.8 Å². The summed E-state index contributed by atoms with van der Waals surface area (Å²) in [5, 5.41) is 11.9. The predicted octanol–water partition coefficient (Wildman–Crippen LogP) is 4.57. The molecule has 0 spiro atoms. The van der Waals surface area contributed by atoms with E-state index in [-0.39, 0.29) is 18.3 Å². The highest BCUT2D eigenvalue weighted by molar-refractivity contribution is 7.99. The third-order valence-electron chi connectivity index (χ3n) is 4.80. The Morgan fingerprint density at radius 3 is 2.59 bits per heavy atom. The summed E-state index contributed by atoms with van der Waals surface area (Å²) in [5.74, 6) is 0.996. The molecule has 2 aromatic carbocycles. The summed E-state index contributed by atoms with van der Waals surface area (Å²) < 4.78 is 12.8. The second-order valence-electron chi connectivity index (χ2n) is 7.49. The average Bonchev–Trinajstić information content (AvgIpc) is 3.19. The summed E-state index contributed by atoms with van der Waals surface area (Å²) in [7, 11) is 0. The maximum Gasteiger partial charge on any atom is 0.338 e. The van der Waals surface area contributed by atoms with Crippen LogP contribution in [0.4, 0.5) is 5.69 Å². The molecule has 178 valence electrons. The van der Waals surface area contributed by atoms with Gasteiger partial charge in [-0.15, -0.1) is 16.8 Å². The van der Waals surface area contributed by atoms with Gasteiger partial charge in [-0.25, -0.2) is 4.79 Å². The van der Waals surface area contributed by atoms with E-state index >= 15 is 0 Å². The van der Waals surface area contributed by atoms with Crippen LogP contribution >= 0.6 is 11.8 Å². The Morgan fingerprint density at radius 2 is 1.91 bits per heavy atom. The summed E-state index contributed by atoms with van der Waals surface area (Å²) >= 11 is 1.28. The van der Waals surface area contributed by atoms with Crippen molar-refractivity contribution in [2.24, 2.45) is 0 Å². The molecule has 0 aliphatic heterocycles. The van der Waals surface area contributed by atoms with Crippen LogP contribution in [0.5, 0.6) is 5.75 Å². The molecule has 3 aromatic rings. The van der Waals surface area contributed by atoms with Crippen molar-refractivity contribution in [1.82, 2.24) is 14.8 Å². The molecular weight excluding hydrogens is 452 g/mol. The first-order valence-corrected chi connectivity index (χ1v) is 11.8. The van der Waals surface area contributed by atoms with E-state index in [9.17, 15) is 9.59 Å². The van der Waals surface area contributed by atoms with Gasteiger partial charge in [0, 0.05) is 12.2 Å². The monoisotopic (exact) mass is 480 g/mol. The van der Waals surface area contributed by atoms with E-state index in [0.717, 1.165) is 11.3 Å². The summed E-state index contributed by atoms with van der Waals surface area (Å²) in [6.45, 7) is 10.7. The van der Waals surface area contributed by atoms with Gasteiger partial charge in [-0.2, -0.15) is 0 Å². The predicted molar refractivity (Wildman–Crippen MR) is 132 cm³/mol. The number of rotatable bonds is 11. The number of amides is 1. The molecule has 0 fully saturated rings. The maximum absolute atomic E-state index is 12.4. The molecule has 0 radical (unpaired) electrons. The van der Waals surface area contributed by atoms with Crippen LogP contribution in [0.15, 0.2) is 60.3 Å². The Hall–Kier alpha value is -3.59. The molecule has 1 heterocycles. The Bertz CT molecular complexity index is 1160. The topological polar surface area (TPSA) is 95.3 Å². The first kappa shape index (κ1) is 25.0. The fourth-order valence-corrected chi connectivity index (χ4v) is 3.95. The number of ether oxygens (including phenoxy) is 2. The second-order valence-corrected chi connectivity index (χ2v) is 8.43. The van der Waals surface area contributed by atoms with Crippen molar-refractivity contribution < 1.29 is 19.1 Å². The fourth-order valence-electron chi connectivity index (χ4n) is 3.18. The van der Waals surface area contributed by atoms with Gasteiger partial charge in [0.25, 0.3) is 0 Å². The van der Waals surface area contributed by atoms with E-state index < -0.39 is 5.97 Å². The summed E-state index contributed by atoms with van der Waals surface area (Å²) in [5.41, 5.74) is 3.25. The molecule has 1 aromatic heterocycles. The molecule has 0 saturated carbocycles. The van der Waals surface area contributed by atoms with Crippen LogP contribution in [0.1, 0.15) is 34.2 Å². The molecule has 0 bridgehead atoms. The number of hydrogen-bond donors (Lipinski definition) is 1. The van der Waals surface area contributed by atoms with Crippen LogP contribution in [0.2, 0.25) is 0 Å². The van der Waals surface area contributed by atoms with E-state index in [1.54, 1.807) is 37.3 Å². The van der Waals surface area contributed by atoms with E-state index in [4.69, 9.17) is 9.47 Å². The Kier molecular flexibility index (Phi) is 8.86. The lowest BCUT2D eigenvalue weighted by atomic mass is 10.1. The van der Waals surface area contributed by atoms with Crippen LogP contribution in [0.3, 0.4) is 0 Å². The van der Waals surface area contributed by atoms with Crippen LogP contribution < -0.4 is 10.1 Å². The lowest BCUT2D eigenvalue weighted by Crippen LogP contribution is -2.15. The Balaban J connectivity index is 1.58. The number of benzene rings is 2. The van der Waals surface area contributed by atoms with Gasteiger partial charge in [0.1, 0.15) is 12.4 Å². The molecule has 9 heteroatoms. The van der Waals surface area contributed by atoms with Gasteiger partial charge in [0.05, 0.1) is 17.9 Å². The normalized spacial score (nSPS) is 10.6. The first-order chi connectivity index (χ1) is 16.4. The van der Waals surface area contributed by atoms with Gasteiger partial charge < -0.3 is 14.8 Å². The minimum atomic E-state index is -0.394.